The van der Waals surface area contributed by atoms with Crippen molar-refractivity contribution in [2.45, 2.75) is 32.0 Å². The van der Waals surface area contributed by atoms with Gasteiger partial charge in [0.05, 0.1) is 11.3 Å². The summed E-state index contributed by atoms with van der Waals surface area (Å²) < 4.78 is 38.3. The number of piperidine rings is 1. The molecule has 0 saturated carbocycles. The number of benzene rings is 1. The normalized spacial score (nSPS) is 18.2. The summed E-state index contributed by atoms with van der Waals surface area (Å²) in [4.78, 5) is 0. The zero-order valence-corrected chi connectivity index (χ0v) is 13.8. The molecule has 25 heavy (non-hydrogen) atoms. The van der Waals surface area contributed by atoms with E-state index in [-0.39, 0.29) is 5.69 Å². The molecule has 0 amide bonds. The van der Waals surface area contributed by atoms with Gasteiger partial charge in [-0.15, -0.1) is 10.2 Å². The molecule has 1 aromatic heterocycles. The van der Waals surface area contributed by atoms with Crippen LogP contribution >= 0.6 is 0 Å². The number of aryl methyl sites for hydroxylation is 1. The largest absolute Gasteiger partial charge is 0.416 e. The van der Waals surface area contributed by atoms with Crippen LogP contribution in [0.5, 0.6) is 0 Å². The van der Waals surface area contributed by atoms with Gasteiger partial charge in [0.2, 0.25) is 0 Å². The van der Waals surface area contributed by atoms with Crippen molar-refractivity contribution in [2.75, 3.05) is 24.1 Å². The monoisotopic (exact) mass is 351 g/mol. The fourth-order valence-corrected chi connectivity index (χ4v) is 2.96. The fourth-order valence-electron chi connectivity index (χ4n) is 2.96. The van der Waals surface area contributed by atoms with Crippen LogP contribution in [0.1, 0.15) is 24.0 Å². The van der Waals surface area contributed by atoms with Gasteiger partial charge in [-0.1, -0.05) is 6.07 Å². The molecule has 1 aliphatic heterocycles. The van der Waals surface area contributed by atoms with Gasteiger partial charge in [-0.2, -0.15) is 13.2 Å². The van der Waals surface area contributed by atoms with Crippen LogP contribution in [-0.4, -0.2) is 29.3 Å². The molecule has 1 fully saturated rings. The van der Waals surface area contributed by atoms with Crippen molar-refractivity contribution in [2.24, 2.45) is 0 Å². The van der Waals surface area contributed by atoms with E-state index in [0.29, 0.717) is 23.1 Å². The Balaban J connectivity index is 1.83. The second-order valence-electron chi connectivity index (χ2n) is 6.25. The third-order valence-corrected chi connectivity index (χ3v) is 4.27. The standard InChI is InChI=1S/C17H20F3N5/c1-10-7-15(23-12-3-2-6-22-9-12)24-25-16(10)13-5-4-11(8-14(13)21)17(18,19)20/h4-5,7-8,12,22H,2-3,6,9,21H2,1H3,(H,23,24). The molecule has 1 aromatic carbocycles. The average Bonchev–Trinajstić information content (AvgIpc) is 2.56. The van der Waals surface area contributed by atoms with Crippen LogP contribution in [0, 0.1) is 6.92 Å². The predicted octanol–water partition coefficient (Wildman–Crippen LogP) is 3.22. The van der Waals surface area contributed by atoms with Crippen LogP contribution < -0.4 is 16.4 Å². The van der Waals surface area contributed by atoms with Crippen molar-refractivity contribution >= 4 is 11.5 Å². The minimum absolute atomic E-state index is 0.0319. The first-order valence-corrected chi connectivity index (χ1v) is 8.13. The maximum Gasteiger partial charge on any atom is 0.416 e. The van der Waals surface area contributed by atoms with Crippen molar-refractivity contribution in [1.29, 1.82) is 0 Å². The van der Waals surface area contributed by atoms with Crippen molar-refractivity contribution in [3.63, 3.8) is 0 Å². The van der Waals surface area contributed by atoms with Gasteiger partial charge < -0.3 is 16.4 Å². The highest BCUT2D eigenvalue weighted by Gasteiger charge is 2.31. The molecule has 0 spiro atoms. The molecular formula is C17H20F3N5. The van der Waals surface area contributed by atoms with Crippen molar-refractivity contribution in [3.05, 3.63) is 35.4 Å². The lowest BCUT2D eigenvalue weighted by Gasteiger charge is -2.24. The number of anilines is 2. The van der Waals surface area contributed by atoms with Crippen LogP contribution in [0.2, 0.25) is 0 Å². The molecule has 0 radical (unpaired) electrons. The summed E-state index contributed by atoms with van der Waals surface area (Å²) in [6.07, 6.45) is -2.26. The van der Waals surface area contributed by atoms with E-state index in [1.165, 1.54) is 6.07 Å². The van der Waals surface area contributed by atoms with Crippen LogP contribution in [0.4, 0.5) is 24.7 Å². The Morgan fingerprint density at radius 1 is 1.24 bits per heavy atom. The molecule has 3 rings (SSSR count). The minimum atomic E-state index is -4.42. The van der Waals surface area contributed by atoms with Gasteiger partial charge in [0.1, 0.15) is 5.82 Å². The average molecular weight is 351 g/mol. The Morgan fingerprint density at radius 2 is 2.04 bits per heavy atom. The van der Waals surface area contributed by atoms with Gasteiger partial charge in [0.25, 0.3) is 0 Å². The molecule has 4 N–H and O–H groups in total. The highest BCUT2D eigenvalue weighted by molar-refractivity contribution is 5.76. The lowest BCUT2D eigenvalue weighted by atomic mass is 10.0. The first-order valence-electron chi connectivity index (χ1n) is 8.13. The van der Waals surface area contributed by atoms with E-state index in [4.69, 9.17) is 5.73 Å². The van der Waals surface area contributed by atoms with E-state index in [1.54, 1.807) is 0 Å². The van der Waals surface area contributed by atoms with E-state index in [0.717, 1.165) is 43.6 Å². The Hall–Kier alpha value is -2.35. The number of alkyl halides is 3. The van der Waals surface area contributed by atoms with Gasteiger partial charge in [-0.25, -0.2) is 0 Å². The highest BCUT2D eigenvalue weighted by Crippen LogP contribution is 2.35. The van der Waals surface area contributed by atoms with Gasteiger partial charge in [-0.05, 0) is 50.1 Å². The number of nitrogen functional groups attached to an aromatic ring is 1. The molecule has 134 valence electrons. The Labute approximate surface area is 143 Å². The van der Waals surface area contributed by atoms with E-state index in [2.05, 4.69) is 20.8 Å². The summed E-state index contributed by atoms with van der Waals surface area (Å²) in [6.45, 7) is 3.73. The summed E-state index contributed by atoms with van der Waals surface area (Å²) in [5, 5.41) is 15.0. The lowest BCUT2D eigenvalue weighted by molar-refractivity contribution is -0.137. The van der Waals surface area contributed by atoms with E-state index in [1.807, 2.05) is 13.0 Å². The van der Waals surface area contributed by atoms with Crippen LogP contribution in [0.15, 0.2) is 24.3 Å². The number of hydrogen-bond acceptors (Lipinski definition) is 5. The molecule has 1 atom stereocenters. The maximum atomic E-state index is 12.8. The maximum absolute atomic E-state index is 12.8. The second kappa shape index (κ2) is 6.87. The molecule has 1 aliphatic rings. The molecule has 0 aliphatic carbocycles. The SMILES string of the molecule is Cc1cc(NC2CCCNC2)nnc1-c1ccc(C(F)(F)F)cc1N. The number of nitrogens with one attached hydrogen (secondary N) is 2. The molecule has 5 nitrogen and oxygen atoms in total. The lowest BCUT2D eigenvalue weighted by Crippen LogP contribution is -2.38. The van der Waals surface area contributed by atoms with Gasteiger partial charge >= 0.3 is 6.18 Å². The number of halogens is 3. The van der Waals surface area contributed by atoms with Crippen LogP contribution in [-0.2, 0) is 6.18 Å². The summed E-state index contributed by atoms with van der Waals surface area (Å²) >= 11 is 0. The smallest absolute Gasteiger partial charge is 0.398 e. The number of nitrogens with two attached hydrogens (primary N) is 1. The zero-order valence-electron chi connectivity index (χ0n) is 13.8. The van der Waals surface area contributed by atoms with Crippen molar-refractivity contribution in [3.8, 4) is 11.3 Å². The third-order valence-electron chi connectivity index (χ3n) is 4.27. The molecule has 2 aromatic rings. The van der Waals surface area contributed by atoms with Crippen molar-refractivity contribution in [1.82, 2.24) is 15.5 Å². The van der Waals surface area contributed by atoms with Gasteiger partial charge in [0.15, 0.2) is 0 Å². The third kappa shape index (κ3) is 4.01. The highest BCUT2D eigenvalue weighted by atomic mass is 19.4. The zero-order chi connectivity index (χ0) is 18.0. The number of aromatic nitrogens is 2. The fraction of sp³-hybridized carbons (Fsp3) is 0.412. The van der Waals surface area contributed by atoms with E-state index < -0.39 is 11.7 Å². The topological polar surface area (TPSA) is 75.9 Å². The summed E-state index contributed by atoms with van der Waals surface area (Å²) in [5.41, 5.74) is 6.80. The molecule has 0 bridgehead atoms. The predicted molar refractivity (Wildman–Crippen MR) is 91.1 cm³/mol. The molecule has 1 unspecified atom stereocenters. The number of nitrogens with zero attached hydrogens (tertiary/aromatic N) is 2. The van der Waals surface area contributed by atoms with Gasteiger partial charge in [-0.3, -0.25) is 0 Å². The number of hydrogen-bond donors (Lipinski definition) is 3. The van der Waals surface area contributed by atoms with Crippen LogP contribution in [0.25, 0.3) is 11.3 Å². The minimum Gasteiger partial charge on any atom is -0.398 e. The molecule has 2 heterocycles. The first kappa shape index (κ1) is 17.5. The summed E-state index contributed by atoms with van der Waals surface area (Å²) in [7, 11) is 0. The molecule has 8 heteroatoms. The van der Waals surface area contributed by atoms with E-state index in [9.17, 15) is 13.2 Å². The van der Waals surface area contributed by atoms with Crippen LogP contribution in [0.3, 0.4) is 0 Å². The molecular weight excluding hydrogens is 331 g/mol. The van der Waals surface area contributed by atoms with Crippen molar-refractivity contribution < 1.29 is 13.2 Å². The second-order valence-corrected chi connectivity index (χ2v) is 6.25. The molecule has 1 saturated heterocycles. The Bertz CT molecular complexity index is 754. The first-order chi connectivity index (χ1) is 11.8. The summed E-state index contributed by atoms with van der Waals surface area (Å²) in [5.74, 6) is 0.653. The summed E-state index contributed by atoms with van der Waals surface area (Å²) in [6, 6.07) is 5.41. The Kier molecular flexibility index (Phi) is 4.80. The Morgan fingerprint density at radius 3 is 2.64 bits per heavy atom. The quantitative estimate of drug-likeness (QED) is 0.741. The number of rotatable bonds is 3. The van der Waals surface area contributed by atoms with Gasteiger partial charge in [0, 0.05) is 23.8 Å². The van der Waals surface area contributed by atoms with E-state index >= 15 is 0 Å².